The van der Waals surface area contributed by atoms with Crippen LogP contribution in [0.15, 0.2) is 29.2 Å². The van der Waals surface area contributed by atoms with Gasteiger partial charge in [-0.2, -0.15) is 4.72 Å². The van der Waals surface area contributed by atoms with Crippen LogP contribution in [0.3, 0.4) is 0 Å². The zero-order valence-electron chi connectivity index (χ0n) is 12.3. The van der Waals surface area contributed by atoms with Crippen molar-refractivity contribution >= 4 is 27.2 Å². The molecule has 4 nitrogen and oxygen atoms in total. The first-order valence-electron chi connectivity index (χ1n) is 7.26. The molecular weight excluding hydrogens is 304 g/mol. The van der Waals surface area contributed by atoms with E-state index in [-0.39, 0.29) is 9.88 Å². The maximum Gasteiger partial charge on any atom is 0.241 e. The van der Waals surface area contributed by atoms with E-state index < -0.39 is 15.6 Å². The first kappa shape index (κ1) is 16.4. The molecule has 116 valence electrons. The number of nitrogens with two attached hydrogens (primary N) is 1. The maximum absolute atomic E-state index is 12.6. The van der Waals surface area contributed by atoms with E-state index in [4.69, 9.17) is 18.0 Å². The third kappa shape index (κ3) is 3.81. The number of benzene rings is 1. The molecule has 1 aliphatic rings. The Morgan fingerprint density at radius 2 is 1.86 bits per heavy atom. The van der Waals surface area contributed by atoms with Crippen LogP contribution in [0.4, 0.5) is 0 Å². The van der Waals surface area contributed by atoms with E-state index in [1.165, 1.54) is 0 Å². The summed E-state index contributed by atoms with van der Waals surface area (Å²) >= 11 is 5.18. The van der Waals surface area contributed by atoms with Crippen molar-refractivity contribution < 1.29 is 8.42 Å². The van der Waals surface area contributed by atoms with E-state index >= 15 is 0 Å². The molecule has 0 amide bonds. The summed E-state index contributed by atoms with van der Waals surface area (Å²) in [4.78, 5) is 0.517. The van der Waals surface area contributed by atoms with E-state index in [0.717, 1.165) is 31.2 Å². The average Bonchev–Trinajstić information content (AvgIpc) is 2.65. The fourth-order valence-corrected chi connectivity index (χ4v) is 4.69. The quantitative estimate of drug-likeness (QED) is 0.659. The Labute approximate surface area is 132 Å². The highest BCUT2D eigenvalue weighted by atomic mass is 32.2. The van der Waals surface area contributed by atoms with Crippen LogP contribution in [0.5, 0.6) is 0 Å². The molecule has 0 unspecified atom stereocenters. The molecule has 0 heterocycles. The van der Waals surface area contributed by atoms with Crippen molar-refractivity contribution in [2.45, 2.75) is 55.9 Å². The fourth-order valence-electron chi connectivity index (χ4n) is 2.83. The molecule has 1 saturated carbocycles. The van der Waals surface area contributed by atoms with Gasteiger partial charge in [-0.25, -0.2) is 8.42 Å². The van der Waals surface area contributed by atoms with Crippen LogP contribution in [0.1, 0.15) is 44.1 Å². The lowest BCUT2D eigenvalue weighted by Crippen LogP contribution is -2.56. The molecule has 1 fully saturated rings. The number of hydrogen-bond donors (Lipinski definition) is 2. The lowest BCUT2D eigenvalue weighted by Gasteiger charge is -2.32. The monoisotopic (exact) mass is 326 g/mol. The standard InChI is InChI=1S/C15H22N2O2S2/c1-12-7-6-8-13(11-12)21(18,19)17-15(14(16)20)9-4-2-3-5-10-15/h6-8,11,17H,2-5,9-10H2,1H3,(H2,16,20). The topological polar surface area (TPSA) is 72.2 Å². The summed E-state index contributed by atoms with van der Waals surface area (Å²) < 4.78 is 28.1. The fraction of sp³-hybridized carbons (Fsp3) is 0.533. The zero-order valence-corrected chi connectivity index (χ0v) is 13.9. The maximum atomic E-state index is 12.6. The highest BCUT2D eigenvalue weighted by Crippen LogP contribution is 2.29. The van der Waals surface area contributed by atoms with Gasteiger partial charge in [0.05, 0.1) is 15.4 Å². The van der Waals surface area contributed by atoms with E-state index in [1.54, 1.807) is 18.2 Å². The summed E-state index contributed by atoms with van der Waals surface area (Å²) in [6.07, 6.45) is 5.41. The summed E-state index contributed by atoms with van der Waals surface area (Å²) in [5.74, 6) is 0. The average molecular weight is 326 g/mol. The van der Waals surface area contributed by atoms with Crippen LogP contribution in [0.2, 0.25) is 0 Å². The van der Waals surface area contributed by atoms with Crippen LogP contribution in [-0.2, 0) is 10.0 Å². The highest BCUT2D eigenvalue weighted by Gasteiger charge is 2.38. The second-order valence-corrected chi connectivity index (χ2v) is 7.90. The van der Waals surface area contributed by atoms with E-state index in [1.807, 2.05) is 13.0 Å². The van der Waals surface area contributed by atoms with E-state index in [9.17, 15) is 8.42 Å². The Hall–Kier alpha value is -0.980. The van der Waals surface area contributed by atoms with Crippen molar-refractivity contribution in [2.24, 2.45) is 5.73 Å². The second-order valence-electron chi connectivity index (χ2n) is 5.78. The largest absolute Gasteiger partial charge is 0.392 e. The number of thiocarbonyl (C=S) groups is 1. The molecule has 0 radical (unpaired) electrons. The van der Waals surface area contributed by atoms with Crippen molar-refractivity contribution in [1.29, 1.82) is 0 Å². The van der Waals surface area contributed by atoms with Gasteiger partial charge in [-0.05, 0) is 37.5 Å². The minimum absolute atomic E-state index is 0.251. The first-order valence-corrected chi connectivity index (χ1v) is 9.15. The predicted molar refractivity (Wildman–Crippen MR) is 88.7 cm³/mol. The van der Waals surface area contributed by atoms with Gasteiger partial charge in [0.25, 0.3) is 0 Å². The number of rotatable bonds is 4. The zero-order chi connectivity index (χ0) is 15.5. The van der Waals surface area contributed by atoms with Crippen LogP contribution in [-0.4, -0.2) is 18.9 Å². The SMILES string of the molecule is Cc1cccc(S(=O)(=O)NC2(C(N)=S)CCCCCC2)c1. The minimum atomic E-state index is -3.62. The number of aryl methyl sites for hydroxylation is 1. The van der Waals surface area contributed by atoms with Gasteiger partial charge in [-0.15, -0.1) is 0 Å². The third-order valence-electron chi connectivity index (χ3n) is 4.06. The van der Waals surface area contributed by atoms with Gasteiger partial charge in [0.1, 0.15) is 0 Å². The van der Waals surface area contributed by atoms with Gasteiger partial charge in [0.2, 0.25) is 10.0 Å². The van der Waals surface area contributed by atoms with Crippen LogP contribution >= 0.6 is 12.2 Å². The van der Waals surface area contributed by atoms with Crippen LogP contribution in [0.25, 0.3) is 0 Å². The molecule has 21 heavy (non-hydrogen) atoms. The molecule has 2 rings (SSSR count). The first-order chi connectivity index (χ1) is 9.86. The number of nitrogens with one attached hydrogen (secondary N) is 1. The molecule has 1 aromatic carbocycles. The summed E-state index contributed by atoms with van der Waals surface area (Å²) in [5, 5.41) is 0. The van der Waals surface area contributed by atoms with Crippen molar-refractivity contribution in [3.8, 4) is 0 Å². The molecule has 3 N–H and O–H groups in total. The Balaban J connectivity index is 2.33. The van der Waals surface area contributed by atoms with Crippen molar-refractivity contribution in [3.05, 3.63) is 29.8 Å². The molecule has 0 bridgehead atoms. The summed E-state index contributed by atoms with van der Waals surface area (Å²) in [7, 11) is -3.62. The molecule has 1 aromatic rings. The van der Waals surface area contributed by atoms with Crippen molar-refractivity contribution in [2.75, 3.05) is 0 Å². The Morgan fingerprint density at radius 3 is 2.38 bits per heavy atom. The molecular formula is C15H22N2O2S2. The molecule has 0 saturated heterocycles. The van der Waals surface area contributed by atoms with Gasteiger partial charge < -0.3 is 5.73 Å². The number of hydrogen-bond acceptors (Lipinski definition) is 3. The molecule has 0 aliphatic heterocycles. The van der Waals surface area contributed by atoms with Gasteiger partial charge in [-0.1, -0.05) is 50.0 Å². The normalized spacial score (nSPS) is 18.9. The van der Waals surface area contributed by atoms with Gasteiger partial charge in [0, 0.05) is 0 Å². The van der Waals surface area contributed by atoms with Crippen LogP contribution < -0.4 is 10.5 Å². The van der Waals surface area contributed by atoms with Gasteiger partial charge in [0.15, 0.2) is 0 Å². The molecule has 0 spiro atoms. The predicted octanol–water partition coefficient (Wildman–Crippen LogP) is 2.65. The molecule has 1 aliphatic carbocycles. The Kier molecular flexibility index (Phi) is 5.01. The summed E-state index contributed by atoms with van der Waals surface area (Å²) in [6, 6.07) is 6.87. The smallest absolute Gasteiger partial charge is 0.241 e. The second kappa shape index (κ2) is 6.42. The minimum Gasteiger partial charge on any atom is -0.392 e. The van der Waals surface area contributed by atoms with Gasteiger partial charge in [-0.3, -0.25) is 0 Å². The lowest BCUT2D eigenvalue weighted by atomic mass is 9.91. The molecule has 6 heteroatoms. The number of sulfonamides is 1. The lowest BCUT2D eigenvalue weighted by molar-refractivity contribution is 0.441. The molecule has 0 atom stereocenters. The Morgan fingerprint density at radius 1 is 1.24 bits per heavy atom. The summed E-state index contributed by atoms with van der Waals surface area (Å²) in [6.45, 7) is 1.87. The van der Waals surface area contributed by atoms with Crippen molar-refractivity contribution in [3.63, 3.8) is 0 Å². The summed E-state index contributed by atoms with van der Waals surface area (Å²) in [5.41, 5.74) is 6.01. The van der Waals surface area contributed by atoms with E-state index in [0.29, 0.717) is 12.8 Å². The van der Waals surface area contributed by atoms with Crippen molar-refractivity contribution in [1.82, 2.24) is 4.72 Å². The molecule has 0 aromatic heterocycles. The van der Waals surface area contributed by atoms with E-state index in [2.05, 4.69) is 4.72 Å². The highest BCUT2D eigenvalue weighted by molar-refractivity contribution is 7.89. The van der Waals surface area contributed by atoms with Crippen LogP contribution in [0, 0.1) is 6.92 Å². The third-order valence-corrected chi connectivity index (χ3v) is 5.98. The van der Waals surface area contributed by atoms with Gasteiger partial charge >= 0.3 is 0 Å². The Bertz CT molecular complexity index is 618.